The monoisotopic (exact) mass is 378 g/mol. The topological polar surface area (TPSA) is 47.3 Å². The number of aliphatic hydroxyl groups is 1. The number of rotatable bonds is 6. The quantitative estimate of drug-likeness (QED) is 0.646. The largest absolute Gasteiger partial charge is 0.491 e. The maximum atomic E-state index is 10.8. The number of aliphatic hydroxyl groups excluding tert-OH is 1. The predicted molar refractivity (Wildman–Crippen MR) is 113 cm³/mol. The van der Waals surface area contributed by atoms with Crippen LogP contribution in [0.25, 0.3) is 11.0 Å². The number of aromatic nitrogens is 2. The minimum atomic E-state index is -0.583. The van der Waals surface area contributed by atoms with Crippen LogP contribution in [-0.4, -0.2) is 27.4 Å². The number of fused-ring (bicyclic) bond motifs is 1. The summed E-state index contributed by atoms with van der Waals surface area (Å²) >= 11 is 0. The second-order valence-corrected chi connectivity index (χ2v) is 8.07. The van der Waals surface area contributed by atoms with Crippen molar-refractivity contribution in [2.75, 3.05) is 6.61 Å². The Morgan fingerprint density at radius 2 is 1.86 bits per heavy atom. The van der Waals surface area contributed by atoms with Crippen LogP contribution in [0.4, 0.5) is 0 Å². The van der Waals surface area contributed by atoms with Crippen LogP contribution in [0.2, 0.25) is 0 Å². The maximum absolute atomic E-state index is 10.8. The summed E-state index contributed by atoms with van der Waals surface area (Å²) in [5.41, 5.74) is 4.46. The fraction of sp³-hybridized carbons (Fsp3) is 0.458. The molecule has 1 aliphatic rings. The highest BCUT2D eigenvalue weighted by atomic mass is 16.5. The number of ether oxygens (including phenoxy) is 1. The molecule has 1 aromatic heterocycles. The van der Waals surface area contributed by atoms with E-state index in [-0.39, 0.29) is 6.61 Å². The van der Waals surface area contributed by atoms with Gasteiger partial charge in [-0.1, -0.05) is 43.5 Å². The molecule has 1 heterocycles. The summed E-state index contributed by atoms with van der Waals surface area (Å²) in [4.78, 5) is 4.94. The summed E-state index contributed by atoms with van der Waals surface area (Å²) in [7, 11) is 0. The Balaban J connectivity index is 1.53. The molecule has 1 atom stereocenters. The van der Waals surface area contributed by atoms with E-state index in [1.807, 2.05) is 24.3 Å². The van der Waals surface area contributed by atoms with Gasteiger partial charge in [0.25, 0.3) is 0 Å². The lowest BCUT2D eigenvalue weighted by Crippen LogP contribution is -2.25. The molecule has 1 unspecified atom stereocenters. The molecule has 1 N–H and O–H groups in total. The third-order valence-electron chi connectivity index (χ3n) is 6.03. The van der Waals surface area contributed by atoms with Crippen molar-refractivity contribution in [1.29, 1.82) is 0 Å². The molecular weight excluding hydrogens is 348 g/mol. The molecule has 1 aliphatic carbocycles. The Morgan fingerprint density at radius 3 is 2.68 bits per heavy atom. The number of hydrogen-bond acceptors (Lipinski definition) is 3. The number of hydrogen-bond donors (Lipinski definition) is 1. The molecule has 0 radical (unpaired) electrons. The van der Waals surface area contributed by atoms with Crippen molar-refractivity contribution in [3.05, 3.63) is 59.4 Å². The summed E-state index contributed by atoms with van der Waals surface area (Å²) in [5, 5.41) is 10.8. The average molecular weight is 379 g/mol. The van der Waals surface area contributed by atoms with Gasteiger partial charge in [-0.2, -0.15) is 0 Å². The SMILES string of the molecule is Cc1cccc(OCC(O)Cn2c(C3CCCCC3)nc3ccccc32)c1C. The van der Waals surface area contributed by atoms with Crippen molar-refractivity contribution in [2.24, 2.45) is 0 Å². The smallest absolute Gasteiger partial charge is 0.122 e. The number of para-hydroxylation sites is 2. The molecule has 0 spiro atoms. The van der Waals surface area contributed by atoms with Crippen LogP contribution >= 0.6 is 0 Å². The third-order valence-corrected chi connectivity index (χ3v) is 6.03. The predicted octanol–water partition coefficient (Wildman–Crippen LogP) is 5.14. The van der Waals surface area contributed by atoms with Gasteiger partial charge in [-0.15, -0.1) is 0 Å². The highest BCUT2D eigenvalue weighted by Gasteiger charge is 2.23. The van der Waals surface area contributed by atoms with Gasteiger partial charge in [0.2, 0.25) is 0 Å². The molecule has 1 saturated carbocycles. The van der Waals surface area contributed by atoms with Gasteiger partial charge in [0.05, 0.1) is 17.6 Å². The molecule has 0 bridgehead atoms. The minimum absolute atomic E-state index is 0.279. The van der Waals surface area contributed by atoms with Crippen LogP contribution in [-0.2, 0) is 6.54 Å². The summed E-state index contributed by atoms with van der Waals surface area (Å²) in [6.45, 7) is 4.92. The molecule has 0 aliphatic heterocycles. The van der Waals surface area contributed by atoms with E-state index in [9.17, 15) is 5.11 Å². The first kappa shape index (κ1) is 19.0. The van der Waals surface area contributed by atoms with E-state index in [0.29, 0.717) is 12.5 Å². The van der Waals surface area contributed by atoms with Gasteiger partial charge < -0.3 is 14.4 Å². The second-order valence-electron chi connectivity index (χ2n) is 8.07. The zero-order chi connectivity index (χ0) is 19.5. The van der Waals surface area contributed by atoms with E-state index in [1.54, 1.807) is 0 Å². The lowest BCUT2D eigenvalue weighted by atomic mass is 9.88. The number of benzene rings is 2. The van der Waals surface area contributed by atoms with Crippen molar-refractivity contribution >= 4 is 11.0 Å². The maximum Gasteiger partial charge on any atom is 0.122 e. The summed E-state index contributed by atoms with van der Waals surface area (Å²) in [5.74, 6) is 2.47. The molecule has 4 heteroatoms. The molecule has 4 nitrogen and oxygen atoms in total. The number of imidazole rings is 1. The Kier molecular flexibility index (Phi) is 5.67. The minimum Gasteiger partial charge on any atom is -0.491 e. The normalized spacial score (nSPS) is 16.4. The standard InChI is InChI=1S/C24H30N2O2/c1-17-9-8-14-23(18(17)2)28-16-20(27)15-26-22-13-7-6-12-21(22)25-24(26)19-10-4-3-5-11-19/h6-9,12-14,19-20,27H,3-5,10-11,15-16H2,1-2H3. The fourth-order valence-electron chi connectivity index (χ4n) is 4.29. The van der Waals surface area contributed by atoms with Gasteiger partial charge in [0.1, 0.15) is 24.3 Å². The van der Waals surface area contributed by atoms with E-state index < -0.39 is 6.10 Å². The van der Waals surface area contributed by atoms with E-state index in [2.05, 4.69) is 36.6 Å². The van der Waals surface area contributed by atoms with Crippen molar-refractivity contribution < 1.29 is 9.84 Å². The van der Waals surface area contributed by atoms with E-state index in [0.717, 1.165) is 28.2 Å². The second kappa shape index (κ2) is 8.36. The lowest BCUT2D eigenvalue weighted by molar-refractivity contribution is 0.0918. The van der Waals surface area contributed by atoms with Crippen LogP contribution in [0.5, 0.6) is 5.75 Å². The van der Waals surface area contributed by atoms with Gasteiger partial charge in [-0.3, -0.25) is 0 Å². The Morgan fingerprint density at radius 1 is 1.07 bits per heavy atom. The first-order valence-electron chi connectivity index (χ1n) is 10.5. The lowest BCUT2D eigenvalue weighted by Gasteiger charge is -2.23. The van der Waals surface area contributed by atoms with Gasteiger partial charge in [-0.05, 0) is 56.0 Å². The zero-order valence-electron chi connectivity index (χ0n) is 16.9. The third kappa shape index (κ3) is 3.93. The zero-order valence-corrected chi connectivity index (χ0v) is 16.9. The van der Waals surface area contributed by atoms with Crippen molar-refractivity contribution in [1.82, 2.24) is 9.55 Å². The summed E-state index contributed by atoms with van der Waals surface area (Å²) in [6.07, 6.45) is 5.66. The molecule has 2 aromatic carbocycles. The molecule has 0 saturated heterocycles. The Hall–Kier alpha value is -2.33. The highest BCUT2D eigenvalue weighted by molar-refractivity contribution is 5.76. The molecular formula is C24H30N2O2. The van der Waals surface area contributed by atoms with Gasteiger partial charge in [0.15, 0.2) is 0 Å². The first-order chi connectivity index (χ1) is 13.6. The summed E-state index contributed by atoms with van der Waals surface area (Å²) in [6, 6.07) is 14.3. The average Bonchev–Trinajstić information content (AvgIpc) is 3.08. The van der Waals surface area contributed by atoms with Gasteiger partial charge in [0, 0.05) is 5.92 Å². The Bertz CT molecular complexity index is 941. The van der Waals surface area contributed by atoms with Crippen molar-refractivity contribution in [2.45, 2.75) is 64.5 Å². The highest BCUT2D eigenvalue weighted by Crippen LogP contribution is 2.34. The van der Waals surface area contributed by atoms with E-state index >= 15 is 0 Å². The molecule has 148 valence electrons. The van der Waals surface area contributed by atoms with Gasteiger partial charge >= 0.3 is 0 Å². The van der Waals surface area contributed by atoms with Crippen molar-refractivity contribution in [3.63, 3.8) is 0 Å². The fourth-order valence-corrected chi connectivity index (χ4v) is 4.29. The van der Waals surface area contributed by atoms with Crippen LogP contribution < -0.4 is 4.74 Å². The van der Waals surface area contributed by atoms with Crippen LogP contribution in [0.1, 0.15) is 55.0 Å². The summed E-state index contributed by atoms with van der Waals surface area (Å²) < 4.78 is 8.17. The van der Waals surface area contributed by atoms with E-state index in [4.69, 9.17) is 9.72 Å². The van der Waals surface area contributed by atoms with E-state index in [1.165, 1.54) is 37.7 Å². The molecule has 0 amide bonds. The van der Waals surface area contributed by atoms with Gasteiger partial charge in [-0.25, -0.2) is 4.98 Å². The molecule has 28 heavy (non-hydrogen) atoms. The molecule has 1 fully saturated rings. The Labute approximate surface area is 167 Å². The molecule has 4 rings (SSSR count). The van der Waals surface area contributed by atoms with Crippen LogP contribution in [0, 0.1) is 13.8 Å². The van der Waals surface area contributed by atoms with Crippen molar-refractivity contribution in [3.8, 4) is 5.75 Å². The number of nitrogens with zero attached hydrogens (tertiary/aromatic N) is 2. The first-order valence-corrected chi connectivity index (χ1v) is 10.5. The number of aryl methyl sites for hydroxylation is 1. The van der Waals surface area contributed by atoms with Crippen LogP contribution in [0.15, 0.2) is 42.5 Å². The molecule has 3 aromatic rings. The van der Waals surface area contributed by atoms with Crippen LogP contribution in [0.3, 0.4) is 0 Å².